The Labute approximate surface area is 613 Å². The van der Waals surface area contributed by atoms with Crippen LogP contribution >= 0.6 is 0 Å². The van der Waals surface area contributed by atoms with Crippen molar-refractivity contribution in [2.75, 3.05) is 13.2 Å². The molecule has 8 rings (SSSR count). The monoisotopic (exact) mass is 1710 g/mol. The smallest absolute Gasteiger partial charge is 0.548 e. The first-order chi connectivity index (χ1) is 47.2. The summed E-state index contributed by atoms with van der Waals surface area (Å²) in [6.07, 6.45) is 0. The van der Waals surface area contributed by atoms with Gasteiger partial charge in [0.1, 0.15) is 0 Å². The topological polar surface area (TPSA) is 363 Å². The van der Waals surface area contributed by atoms with E-state index in [-0.39, 0.29) is 70.5 Å². The van der Waals surface area contributed by atoms with Crippen LogP contribution in [0.2, 0.25) is 0 Å². The molecule has 0 spiro atoms. The van der Waals surface area contributed by atoms with Gasteiger partial charge in [0.2, 0.25) is 0 Å². The molecular weight excluding hydrogens is 1650 g/mol. The molecule has 0 N–H and O–H groups in total. The Bertz CT molecular complexity index is 3650. The maximum atomic E-state index is 13.8. The minimum Gasteiger partial charge on any atom is -0.548 e. The Morgan fingerprint density at radius 1 is 0.274 bits per heavy atom. The molecule has 2 radical (unpaired) electrons. The van der Waals surface area contributed by atoms with Crippen molar-refractivity contribution in [1.29, 1.82) is 0 Å². The summed E-state index contributed by atoms with van der Waals surface area (Å²) < 4.78 is 225. The number of nitrogens with zero attached hydrogens (tertiary/aromatic N) is 4. The first kappa shape index (κ1) is 94.4. The van der Waals surface area contributed by atoms with Gasteiger partial charge in [0, 0.05) is 13.8 Å². The Hall–Kier alpha value is -9.61. The van der Waals surface area contributed by atoms with Gasteiger partial charge in [-0.15, -0.1) is 0 Å². The number of rotatable bonds is 10. The van der Waals surface area contributed by atoms with Crippen LogP contribution in [0.25, 0.3) is 0 Å². The maximum Gasteiger partial charge on any atom is 2.00 e. The van der Waals surface area contributed by atoms with E-state index in [4.69, 9.17) is 0 Å². The van der Waals surface area contributed by atoms with E-state index in [1.165, 1.54) is 96.9 Å². The number of ether oxygens (including phenoxy) is 2. The molecule has 106 heavy (non-hydrogen) atoms. The van der Waals surface area contributed by atoms with Gasteiger partial charge in [-0.05, 0) is 35.5 Å². The number of amides is 8. The number of carbonyl (C=O) groups excluding carboxylic acids is 14. The van der Waals surface area contributed by atoms with Crippen LogP contribution in [0.4, 0.5) is 70.2 Å². The molecule has 4 atom stereocenters. The fourth-order valence-electron chi connectivity index (χ4n) is 10.2. The zero-order valence-corrected chi connectivity index (χ0v) is 60.7. The van der Waals surface area contributed by atoms with Crippen LogP contribution in [-0.2, 0) is 77.2 Å². The van der Waals surface area contributed by atoms with E-state index >= 15 is 0 Å². The van der Waals surface area contributed by atoms with E-state index in [2.05, 4.69) is 9.47 Å². The van der Waals surface area contributed by atoms with Crippen LogP contribution < -0.4 is 20.4 Å². The molecule has 582 valence electrons. The van der Waals surface area contributed by atoms with Crippen molar-refractivity contribution in [2.24, 2.45) is 21.7 Å². The summed E-state index contributed by atoms with van der Waals surface area (Å²) in [4.78, 5) is 162. The third kappa shape index (κ3) is 18.2. The molecule has 0 saturated heterocycles. The van der Waals surface area contributed by atoms with Crippen LogP contribution in [0.3, 0.4) is 0 Å². The zero-order chi connectivity index (χ0) is 81.4. The third-order valence-electron chi connectivity index (χ3n) is 14.4. The molecule has 42 heteroatoms. The van der Waals surface area contributed by atoms with Gasteiger partial charge in [-0.1, -0.05) is 83.1 Å². The second-order valence-corrected chi connectivity index (χ2v) is 26.1. The minimum absolute atomic E-state index is 0. The molecule has 4 aromatic rings. The average Bonchev–Trinajstić information content (AvgIpc) is 1.60. The molecule has 0 aliphatic carbocycles. The van der Waals surface area contributed by atoms with E-state index in [9.17, 15) is 158 Å². The average molecular weight is 1710 g/mol. The Kier molecular flexibility index (Phi) is 30.9. The van der Waals surface area contributed by atoms with Crippen LogP contribution in [0.5, 0.6) is 0 Å². The predicted molar refractivity (Wildman–Crippen MR) is 305 cm³/mol. The number of imide groups is 4. The molecule has 4 unspecified atom stereocenters. The van der Waals surface area contributed by atoms with E-state index in [1.807, 2.05) is 0 Å². The molecule has 0 bridgehead atoms. The van der Waals surface area contributed by atoms with Crippen molar-refractivity contribution in [2.45, 2.75) is 135 Å². The summed E-state index contributed by atoms with van der Waals surface area (Å²) in [6, 6.07) is -7.56. The van der Waals surface area contributed by atoms with Gasteiger partial charge < -0.3 is 49.1 Å². The van der Waals surface area contributed by atoms with Gasteiger partial charge in [0.05, 0.1) is 106 Å². The predicted octanol–water partition coefficient (Wildman–Crippen LogP) is 5.15. The quantitative estimate of drug-likeness (QED) is 0.0495. The van der Waals surface area contributed by atoms with E-state index in [0.717, 1.165) is 0 Å². The maximum absolute atomic E-state index is 13.8. The fraction of sp³-hybridized carbons (Fsp3) is 0.406. The summed E-state index contributed by atoms with van der Waals surface area (Å²) in [5.41, 5.74) is -15.7. The van der Waals surface area contributed by atoms with Crippen LogP contribution in [0.1, 0.15) is 194 Å². The normalized spacial score (nSPS) is 14.6. The first-order valence-corrected chi connectivity index (χ1v) is 29.2. The number of fused-ring (bicyclic) bond motifs is 4. The number of carbonyl (C=O) groups is 14. The van der Waals surface area contributed by atoms with Gasteiger partial charge in [0.25, 0.3) is 47.3 Å². The van der Waals surface area contributed by atoms with Crippen LogP contribution in [0.15, 0.2) is 0 Å². The minimum atomic E-state index is -2.26. The summed E-state index contributed by atoms with van der Waals surface area (Å²) in [5.74, 6) is -54.8. The number of aliphatic carboxylic acids is 4. The Morgan fingerprint density at radius 3 is 0.434 bits per heavy atom. The van der Waals surface area contributed by atoms with Gasteiger partial charge >= 0.3 is 50.9 Å². The fourth-order valence-corrected chi connectivity index (χ4v) is 10.2. The van der Waals surface area contributed by atoms with Crippen molar-refractivity contribution in [3.05, 3.63) is 138 Å². The SMILES string of the molecule is CC(C)(C)C(C(=O)[O-])N1C(=O)c2c(F)c(F)c(F)c(F)c2C1=O.CC(C)(C)C(C(=O)[O-])N1C(=O)c2c(F)c(F)c(F)c(F)c2C1=O.CC(C)(C)C(C(=O)[O-])N1C(=O)c2c(F)c(F)c(F)c(F)c2C1=O.CC(C)(C)C(C(=O)[O-])N1C(=O)c2c(F)c(F)c(F)c(F)c2C1=O.CCOC(C)=O.CCOC(C)=O.[Rh+2].[Rh+2]. The van der Waals surface area contributed by atoms with Gasteiger partial charge in [-0.2, -0.15) is 0 Å². The van der Waals surface area contributed by atoms with Gasteiger partial charge in [-0.25, -0.2) is 70.2 Å². The van der Waals surface area contributed by atoms with Crippen LogP contribution in [0, 0.1) is 115 Å². The van der Waals surface area contributed by atoms with Crippen LogP contribution in [-0.4, -0.2) is 140 Å². The molecule has 4 aliphatic rings. The van der Waals surface area contributed by atoms with Crippen molar-refractivity contribution < 1.29 is 206 Å². The molecule has 0 saturated carbocycles. The third-order valence-corrected chi connectivity index (χ3v) is 14.4. The van der Waals surface area contributed by atoms with Crippen molar-refractivity contribution in [3.63, 3.8) is 0 Å². The number of carboxylic acid groups (broad SMARTS) is 4. The Balaban J connectivity index is 0.000000666. The molecule has 0 aromatic heterocycles. The molecule has 4 aliphatic heterocycles. The second-order valence-electron chi connectivity index (χ2n) is 26.1. The number of hydrogen-bond acceptors (Lipinski definition) is 20. The molecular formula is C64H56F16N4O20Rh2. The van der Waals surface area contributed by atoms with Crippen molar-refractivity contribution in [3.8, 4) is 0 Å². The van der Waals surface area contributed by atoms with Crippen molar-refractivity contribution in [1.82, 2.24) is 19.6 Å². The second kappa shape index (κ2) is 34.7. The molecule has 8 amide bonds. The largest absolute Gasteiger partial charge is 2.00 e. The van der Waals surface area contributed by atoms with Gasteiger partial charge in [0.15, 0.2) is 93.1 Å². The first-order valence-electron chi connectivity index (χ1n) is 29.2. The van der Waals surface area contributed by atoms with E-state index < -0.39 is 255 Å². The zero-order valence-electron chi connectivity index (χ0n) is 57.4. The number of carboxylic acids is 4. The number of halogens is 16. The molecule has 24 nitrogen and oxygen atoms in total. The standard InChI is InChI=1S/4C14H11F4NO4.2C4H8O2.2Rh/c4*1-14(2,3)10(13(22)23)19-11(20)4-5(12(19)21)7(16)9(18)8(17)6(4)15;2*1-3-6-4(2)5;;/h4*10H,1-3H3,(H,22,23);2*3H2,1-2H3;;/q;;;;;;2*+2/p-4. The Morgan fingerprint density at radius 2 is 0.377 bits per heavy atom. The summed E-state index contributed by atoms with van der Waals surface area (Å²) in [7, 11) is 0. The summed E-state index contributed by atoms with van der Waals surface area (Å²) >= 11 is 0. The molecule has 4 heterocycles. The molecule has 0 fully saturated rings. The van der Waals surface area contributed by atoms with E-state index in [1.54, 1.807) is 13.8 Å². The number of esters is 2. The van der Waals surface area contributed by atoms with E-state index in [0.29, 0.717) is 13.2 Å². The molecule has 4 aromatic carbocycles. The number of hydrogen-bond donors (Lipinski definition) is 0. The number of benzene rings is 4. The summed E-state index contributed by atoms with van der Waals surface area (Å²) in [6.45, 7) is 23.4. The van der Waals surface area contributed by atoms with Crippen molar-refractivity contribution >= 4 is 83.1 Å². The van der Waals surface area contributed by atoms with Gasteiger partial charge in [-0.3, -0.25) is 67.5 Å². The summed E-state index contributed by atoms with van der Waals surface area (Å²) in [5, 5.41) is 45.1.